The van der Waals surface area contributed by atoms with Crippen LogP contribution in [0.25, 0.3) is 0 Å². The van der Waals surface area contributed by atoms with Gasteiger partial charge in [-0.15, -0.1) is 0 Å². The standard InChI is InChI=1S/C23H24O8/c1-27-21(25)23(31-22(26)28-14-15-8-4-2-5-9-15)12-17(24)19-18(13-23)29-20(30-19)16-10-6-3-7-11-16/h2-11,17-20,24H,12-14H2,1H3/t17-,18-,19+,20-,23-/m1/s1. The first-order valence-electron chi connectivity index (χ1n) is 10.0. The monoisotopic (exact) mass is 428 g/mol. The predicted octanol–water partition coefficient (Wildman–Crippen LogP) is 2.89. The van der Waals surface area contributed by atoms with Crippen molar-refractivity contribution in [3.8, 4) is 0 Å². The largest absolute Gasteiger partial charge is 0.509 e. The number of ether oxygens (including phenoxy) is 5. The highest BCUT2D eigenvalue weighted by Gasteiger charge is 2.58. The summed E-state index contributed by atoms with van der Waals surface area (Å²) >= 11 is 0. The summed E-state index contributed by atoms with van der Waals surface area (Å²) < 4.78 is 27.3. The Hall–Kier alpha value is -2.94. The molecule has 1 saturated carbocycles. The molecule has 0 radical (unpaired) electrons. The van der Waals surface area contributed by atoms with E-state index in [-0.39, 0.29) is 19.4 Å². The normalized spacial score (nSPS) is 29.6. The van der Waals surface area contributed by atoms with Crippen molar-refractivity contribution in [1.82, 2.24) is 0 Å². The van der Waals surface area contributed by atoms with E-state index in [1.165, 1.54) is 7.11 Å². The Labute approximate surface area is 179 Å². The smallest absolute Gasteiger partial charge is 0.466 e. The zero-order valence-electron chi connectivity index (χ0n) is 17.0. The molecule has 8 heteroatoms. The first-order chi connectivity index (χ1) is 15.0. The number of aliphatic hydroxyl groups is 1. The number of aliphatic hydroxyl groups excluding tert-OH is 1. The highest BCUT2D eigenvalue weighted by Crippen LogP contribution is 2.44. The molecule has 4 rings (SSSR count). The van der Waals surface area contributed by atoms with Crippen molar-refractivity contribution in [3.63, 3.8) is 0 Å². The second-order valence-corrected chi connectivity index (χ2v) is 7.61. The first kappa shape index (κ1) is 21.3. The summed E-state index contributed by atoms with van der Waals surface area (Å²) in [5.74, 6) is -0.784. The number of esters is 1. The van der Waals surface area contributed by atoms with Crippen LogP contribution in [0, 0.1) is 0 Å². The van der Waals surface area contributed by atoms with Crippen LogP contribution in [0.2, 0.25) is 0 Å². The molecule has 2 aromatic carbocycles. The van der Waals surface area contributed by atoms with Gasteiger partial charge in [0.05, 0.1) is 19.3 Å². The summed E-state index contributed by atoms with van der Waals surface area (Å²) in [4.78, 5) is 25.0. The maximum atomic E-state index is 12.6. The molecule has 0 amide bonds. The summed E-state index contributed by atoms with van der Waals surface area (Å²) in [6.45, 7) is -0.0127. The van der Waals surface area contributed by atoms with Crippen molar-refractivity contribution in [2.45, 2.75) is 49.7 Å². The molecule has 0 spiro atoms. The molecular formula is C23H24O8. The third-order valence-electron chi connectivity index (χ3n) is 5.50. The molecule has 31 heavy (non-hydrogen) atoms. The fourth-order valence-electron chi connectivity index (χ4n) is 4.01. The van der Waals surface area contributed by atoms with Crippen LogP contribution in [-0.4, -0.2) is 48.3 Å². The number of rotatable bonds is 5. The van der Waals surface area contributed by atoms with Crippen molar-refractivity contribution in [2.75, 3.05) is 7.11 Å². The number of benzene rings is 2. The molecule has 0 unspecified atom stereocenters. The summed E-state index contributed by atoms with van der Waals surface area (Å²) in [5, 5.41) is 10.7. The first-order valence-corrected chi connectivity index (χ1v) is 10.0. The molecule has 164 valence electrons. The Morgan fingerprint density at radius 2 is 1.71 bits per heavy atom. The molecular weight excluding hydrogens is 404 g/mol. The van der Waals surface area contributed by atoms with Gasteiger partial charge in [-0.05, 0) is 5.56 Å². The summed E-state index contributed by atoms with van der Waals surface area (Å²) in [6.07, 6.45) is -4.37. The van der Waals surface area contributed by atoms with Crippen molar-refractivity contribution >= 4 is 12.1 Å². The minimum Gasteiger partial charge on any atom is -0.466 e. The van der Waals surface area contributed by atoms with Crippen LogP contribution in [0.5, 0.6) is 0 Å². The lowest BCUT2D eigenvalue weighted by Gasteiger charge is -2.39. The highest BCUT2D eigenvalue weighted by atomic mass is 16.8. The van der Waals surface area contributed by atoms with Crippen LogP contribution >= 0.6 is 0 Å². The maximum absolute atomic E-state index is 12.6. The average molecular weight is 428 g/mol. The van der Waals surface area contributed by atoms with E-state index in [9.17, 15) is 14.7 Å². The van der Waals surface area contributed by atoms with Crippen LogP contribution in [0.3, 0.4) is 0 Å². The summed E-state index contributed by atoms with van der Waals surface area (Å²) in [6, 6.07) is 18.3. The van der Waals surface area contributed by atoms with Gasteiger partial charge in [0.15, 0.2) is 6.29 Å². The van der Waals surface area contributed by atoms with E-state index in [0.29, 0.717) is 0 Å². The van der Waals surface area contributed by atoms with Gasteiger partial charge < -0.3 is 28.8 Å². The topological polar surface area (TPSA) is 101 Å². The lowest BCUT2D eigenvalue weighted by Crippen LogP contribution is -2.57. The van der Waals surface area contributed by atoms with E-state index < -0.39 is 42.3 Å². The Bertz CT molecular complexity index is 902. The Balaban J connectivity index is 1.47. The van der Waals surface area contributed by atoms with Gasteiger partial charge in [-0.25, -0.2) is 9.59 Å². The molecule has 1 aliphatic heterocycles. The van der Waals surface area contributed by atoms with Crippen molar-refractivity contribution in [1.29, 1.82) is 0 Å². The molecule has 0 bridgehead atoms. The SMILES string of the molecule is COC(=O)[C@@]1(OC(=O)OCc2ccccc2)C[C@@H](O)[C@@H]2O[C@H](c3ccccc3)O[C@@H]2C1. The van der Waals surface area contributed by atoms with Crippen LogP contribution < -0.4 is 0 Å². The van der Waals surface area contributed by atoms with E-state index in [4.69, 9.17) is 23.7 Å². The quantitative estimate of drug-likeness (QED) is 0.726. The highest BCUT2D eigenvalue weighted by molar-refractivity contribution is 5.82. The fraction of sp³-hybridized carbons (Fsp3) is 0.391. The van der Waals surface area contributed by atoms with E-state index in [2.05, 4.69) is 0 Å². The van der Waals surface area contributed by atoms with Crippen molar-refractivity contribution in [2.24, 2.45) is 0 Å². The number of carbonyl (C=O) groups is 2. The number of methoxy groups -OCH3 is 1. The molecule has 2 aliphatic rings. The summed E-state index contributed by atoms with van der Waals surface area (Å²) in [7, 11) is 1.19. The zero-order valence-corrected chi connectivity index (χ0v) is 17.0. The molecule has 1 saturated heterocycles. The van der Waals surface area contributed by atoms with E-state index in [1.807, 2.05) is 48.5 Å². The van der Waals surface area contributed by atoms with Gasteiger partial charge in [-0.2, -0.15) is 0 Å². The molecule has 0 aromatic heterocycles. The van der Waals surface area contributed by atoms with Gasteiger partial charge in [0.2, 0.25) is 5.60 Å². The zero-order chi connectivity index (χ0) is 21.8. The Morgan fingerprint density at radius 3 is 2.39 bits per heavy atom. The van der Waals surface area contributed by atoms with Gasteiger partial charge in [-0.3, -0.25) is 0 Å². The Kier molecular flexibility index (Phi) is 6.22. The van der Waals surface area contributed by atoms with Crippen molar-refractivity contribution < 1.29 is 38.4 Å². The van der Waals surface area contributed by atoms with Crippen LogP contribution in [0.4, 0.5) is 4.79 Å². The molecule has 2 fully saturated rings. The van der Waals surface area contributed by atoms with Gasteiger partial charge in [0.1, 0.15) is 12.7 Å². The van der Waals surface area contributed by atoms with E-state index in [1.54, 1.807) is 12.1 Å². The van der Waals surface area contributed by atoms with Gasteiger partial charge in [0.25, 0.3) is 0 Å². The fourth-order valence-corrected chi connectivity index (χ4v) is 4.01. The van der Waals surface area contributed by atoms with Gasteiger partial charge in [0, 0.05) is 18.4 Å². The van der Waals surface area contributed by atoms with E-state index >= 15 is 0 Å². The van der Waals surface area contributed by atoms with Crippen LogP contribution in [0.15, 0.2) is 60.7 Å². The molecule has 8 nitrogen and oxygen atoms in total. The molecule has 1 aliphatic carbocycles. The molecule has 1 heterocycles. The van der Waals surface area contributed by atoms with Crippen LogP contribution in [-0.2, 0) is 35.1 Å². The molecule has 5 atom stereocenters. The van der Waals surface area contributed by atoms with Gasteiger partial charge in [-0.1, -0.05) is 60.7 Å². The minimum absolute atomic E-state index is 0.0127. The van der Waals surface area contributed by atoms with Gasteiger partial charge >= 0.3 is 12.1 Å². The predicted molar refractivity (Wildman–Crippen MR) is 107 cm³/mol. The third-order valence-corrected chi connectivity index (χ3v) is 5.50. The molecule has 1 N–H and O–H groups in total. The number of carbonyl (C=O) groups excluding carboxylic acids is 2. The van der Waals surface area contributed by atoms with Crippen molar-refractivity contribution in [3.05, 3.63) is 71.8 Å². The number of fused-ring (bicyclic) bond motifs is 1. The number of hydrogen-bond acceptors (Lipinski definition) is 8. The lowest BCUT2D eigenvalue weighted by molar-refractivity contribution is -0.183. The lowest BCUT2D eigenvalue weighted by atomic mass is 9.79. The average Bonchev–Trinajstić information content (AvgIpc) is 3.23. The van der Waals surface area contributed by atoms with E-state index in [0.717, 1.165) is 11.1 Å². The molecule has 2 aromatic rings. The third kappa shape index (κ3) is 4.56. The minimum atomic E-state index is -1.74. The summed E-state index contributed by atoms with van der Waals surface area (Å²) in [5.41, 5.74) is -0.178. The second kappa shape index (κ2) is 9.05. The second-order valence-electron chi connectivity index (χ2n) is 7.61. The van der Waals surface area contributed by atoms with Crippen LogP contribution in [0.1, 0.15) is 30.3 Å². The number of hydrogen-bond donors (Lipinski definition) is 1. The Morgan fingerprint density at radius 1 is 1.03 bits per heavy atom. The maximum Gasteiger partial charge on any atom is 0.509 e.